The lowest BCUT2D eigenvalue weighted by atomic mass is 10.2. The fraction of sp³-hybridized carbons (Fsp3) is 0.133. The molecular formula is C15H14FN3O4. The number of phenols is 1. The molecule has 2 rings (SSSR count). The molecule has 120 valence electrons. The molecule has 8 heteroatoms. The molecule has 1 amide bonds. The predicted octanol–water partition coefficient (Wildman–Crippen LogP) is 2.28. The summed E-state index contributed by atoms with van der Waals surface area (Å²) in [5.41, 5.74) is 0.195. The summed E-state index contributed by atoms with van der Waals surface area (Å²) >= 11 is 0. The molecule has 0 aliphatic carbocycles. The van der Waals surface area contributed by atoms with Crippen molar-refractivity contribution in [3.63, 3.8) is 0 Å². The molecule has 7 nitrogen and oxygen atoms in total. The number of nitro benzene ring substituents is 1. The molecule has 0 fully saturated rings. The third-order valence-electron chi connectivity index (χ3n) is 3.01. The van der Waals surface area contributed by atoms with Crippen LogP contribution in [0.15, 0.2) is 42.5 Å². The van der Waals surface area contributed by atoms with Crippen molar-refractivity contribution < 1.29 is 19.2 Å². The van der Waals surface area contributed by atoms with E-state index in [1.54, 1.807) is 0 Å². The van der Waals surface area contributed by atoms with Crippen LogP contribution < -0.4 is 10.6 Å². The van der Waals surface area contributed by atoms with Crippen molar-refractivity contribution in [2.45, 2.75) is 0 Å². The van der Waals surface area contributed by atoms with Crippen LogP contribution in [-0.4, -0.2) is 29.0 Å². The third kappa shape index (κ3) is 4.40. The number of phenolic OH excluding ortho intramolecular Hbond substituents is 1. The number of aromatic hydroxyl groups is 1. The molecule has 0 heterocycles. The van der Waals surface area contributed by atoms with Gasteiger partial charge in [0.1, 0.15) is 17.3 Å². The Bertz CT molecular complexity index is 719. The van der Waals surface area contributed by atoms with Crippen LogP contribution in [0.2, 0.25) is 0 Å². The lowest BCUT2D eigenvalue weighted by molar-refractivity contribution is -0.384. The number of hydrogen-bond donors (Lipinski definition) is 3. The van der Waals surface area contributed by atoms with Crippen LogP contribution >= 0.6 is 0 Å². The number of nitrogens with one attached hydrogen (secondary N) is 2. The van der Waals surface area contributed by atoms with Gasteiger partial charge in [0.15, 0.2) is 0 Å². The van der Waals surface area contributed by atoms with E-state index in [4.69, 9.17) is 5.11 Å². The van der Waals surface area contributed by atoms with Gasteiger partial charge in [-0.15, -0.1) is 0 Å². The van der Waals surface area contributed by atoms with Gasteiger partial charge in [-0.1, -0.05) is 0 Å². The van der Waals surface area contributed by atoms with Crippen molar-refractivity contribution in [3.8, 4) is 5.75 Å². The summed E-state index contributed by atoms with van der Waals surface area (Å²) in [7, 11) is 0. The topological polar surface area (TPSA) is 104 Å². The average Bonchev–Trinajstić information content (AvgIpc) is 2.53. The van der Waals surface area contributed by atoms with Crippen LogP contribution in [0.25, 0.3) is 0 Å². The van der Waals surface area contributed by atoms with Crippen LogP contribution in [0.3, 0.4) is 0 Å². The Balaban J connectivity index is 1.87. The highest BCUT2D eigenvalue weighted by Gasteiger charge is 2.14. The molecule has 0 aliphatic rings. The van der Waals surface area contributed by atoms with E-state index < -0.39 is 10.7 Å². The van der Waals surface area contributed by atoms with E-state index in [9.17, 15) is 19.3 Å². The number of benzene rings is 2. The van der Waals surface area contributed by atoms with E-state index in [1.165, 1.54) is 30.3 Å². The van der Waals surface area contributed by atoms with Gasteiger partial charge in [-0.3, -0.25) is 14.9 Å². The molecule has 0 unspecified atom stereocenters. The monoisotopic (exact) mass is 319 g/mol. The van der Waals surface area contributed by atoms with Crippen molar-refractivity contribution in [3.05, 3.63) is 64.0 Å². The van der Waals surface area contributed by atoms with Gasteiger partial charge < -0.3 is 15.7 Å². The number of amides is 1. The second-order valence-electron chi connectivity index (χ2n) is 4.65. The normalized spacial score (nSPS) is 10.1. The summed E-state index contributed by atoms with van der Waals surface area (Å²) in [6.45, 7) is 0.449. The highest BCUT2D eigenvalue weighted by atomic mass is 19.1. The lowest BCUT2D eigenvalue weighted by Gasteiger charge is -2.08. The van der Waals surface area contributed by atoms with Gasteiger partial charge in [-0.2, -0.15) is 0 Å². The second-order valence-corrected chi connectivity index (χ2v) is 4.65. The van der Waals surface area contributed by atoms with Crippen molar-refractivity contribution in [2.24, 2.45) is 0 Å². The summed E-state index contributed by atoms with van der Waals surface area (Å²) in [6.07, 6.45) is 0. The molecule has 2 aromatic rings. The maximum absolute atomic E-state index is 13.0. The molecule has 0 bridgehead atoms. The first-order chi connectivity index (χ1) is 11.0. The third-order valence-corrected chi connectivity index (χ3v) is 3.01. The molecule has 0 atom stereocenters. The number of halogens is 1. The number of nitrogens with zero attached hydrogens (tertiary/aromatic N) is 1. The van der Waals surface area contributed by atoms with E-state index in [-0.39, 0.29) is 36.1 Å². The number of rotatable bonds is 6. The number of hydrogen-bond acceptors (Lipinski definition) is 5. The van der Waals surface area contributed by atoms with Gasteiger partial charge in [0.05, 0.1) is 11.0 Å². The summed E-state index contributed by atoms with van der Waals surface area (Å²) in [6, 6.07) is 8.97. The number of carbonyl (C=O) groups is 1. The summed E-state index contributed by atoms with van der Waals surface area (Å²) in [5, 5.41) is 25.4. The second kappa shape index (κ2) is 7.21. The quantitative estimate of drug-likeness (QED) is 0.430. The van der Waals surface area contributed by atoms with Crippen molar-refractivity contribution in [1.29, 1.82) is 0 Å². The maximum Gasteiger partial charge on any atom is 0.295 e. The summed E-state index contributed by atoms with van der Waals surface area (Å²) in [5.74, 6) is -0.963. The average molecular weight is 319 g/mol. The fourth-order valence-electron chi connectivity index (χ4n) is 1.89. The van der Waals surface area contributed by atoms with Gasteiger partial charge in [0.25, 0.3) is 11.6 Å². The first-order valence-electron chi connectivity index (χ1n) is 6.72. The van der Waals surface area contributed by atoms with Crippen LogP contribution in [0.5, 0.6) is 5.75 Å². The number of anilines is 1. The Kier molecular flexibility index (Phi) is 5.08. The number of carbonyl (C=O) groups excluding carboxylic acids is 1. The smallest absolute Gasteiger partial charge is 0.295 e. The molecule has 0 aliphatic heterocycles. The largest absolute Gasteiger partial charge is 0.508 e. The minimum atomic E-state index is -0.692. The standard InChI is InChI=1S/C15H14FN3O4/c16-11-3-6-13(14(9-11)19(22)23)17-7-8-18-15(21)10-1-4-12(20)5-2-10/h1-6,9,17,20H,7-8H2,(H,18,21). The molecular weight excluding hydrogens is 305 g/mol. The van der Waals surface area contributed by atoms with Gasteiger partial charge >= 0.3 is 0 Å². The zero-order chi connectivity index (χ0) is 16.8. The van der Waals surface area contributed by atoms with Crippen LogP contribution in [0.1, 0.15) is 10.4 Å². The Labute approximate surface area is 130 Å². The highest BCUT2D eigenvalue weighted by Crippen LogP contribution is 2.24. The lowest BCUT2D eigenvalue weighted by Crippen LogP contribution is -2.28. The molecule has 2 aromatic carbocycles. The number of nitro groups is 1. The molecule has 0 spiro atoms. The Morgan fingerprint density at radius 1 is 1.17 bits per heavy atom. The zero-order valence-electron chi connectivity index (χ0n) is 12.0. The van der Waals surface area contributed by atoms with Crippen molar-refractivity contribution in [1.82, 2.24) is 5.32 Å². The van der Waals surface area contributed by atoms with E-state index >= 15 is 0 Å². The van der Waals surface area contributed by atoms with Crippen LogP contribution in [-0.2, 0) is 0 Å². The van der Waals surface area contributed by atoms with E-state index in [2.05, 4.69) is 10.6 Å². The molecule has 3 N–H and O–H groups in total. The Morgan fingerprint density at radius 3 is 2.52 bits per heavy atom. The van der Waals surface area contributed by atoms with Gasteiger partial charge in [-0.25, -0.2) is 4.39 Å². The first-order valence-corrected chi connectivity index (χ1v) is 6.72. The summed E-state index contributed by atoms with van der Waals surface area (Å²) in [4.78, 5) is 22.0. The van der Waals surface area contributed by atoms with E-state index in [0.717, 1.165) is 12.1 Å². The van der Waals surface area contributed by atoms with Crippen molar-refractivity contribution >= 4 is 17.3 Å². The van der Waals surface area contributed by atoms with E-state index in [1.807, 2.05) is 0 Å². The molecule has 23 heavy (non-hydrogen) atoms. The molecule has 0 saturated heterocycles. The van der Waals surface area contributed by atoms with Crippen molar-refractivity contribution in [2.75, 3.05) is 18.4 Å². The maximum atomic E-state index is 13.0. The molecule has 0 aromatic heterocycles. The van der Waals surface area contributed by atoms with Gasteiger partial charge in [0, 0.05) is 18.7 Å². The Hall–Kier alpha value is -3.16. The minimum absolute atomic E-state index is 0.0619. The SMILES string of the molecule is O=C(NCCNc1ccc(F)cc1[N+](=O)[O-])c1ccc(O)cc1. The predicted molar refractivity (Wildman–Crippen MR) is 82.0 cm³/mol. The first kappa shape index (κ1) is 16.2. The molecule has 0 radical (unpaired) electrons. The van der Waals surface area contributed by atoms with Crippen LogP contribution in [0, 0.1) is 15.9 Å². The fourth-order valence-corrected chi connectivity index (χ4v) is 1.89. The zero-order valence-corrected chi connectivity index (χ0v) is 12.0. The summed E-state index contributed by atoms with van der Waals surface area (Å²) < 4.78 is 13.0. The van der Waals surface area contributed by atoms with Crippen LogP contribution in [0.4, 0.5) is 15.8 Å². The molecule has 0 saturated carbocycles. The van der Waals surface area contributed by atoms with Gasteiger partial charge in [-0.05, 0) is 36.4 Å². The minimum Gasteiger partial charge on any atom is -0.508 e. The highest BCUT2D eigenvalue weighted by molar-refractivity contribution is 5.94. The Morgan fingerprint density at radius 2 is 1.87 bits per heavy atom. The van der Waals surface area contributed by atoms with Gasteiger partial charge in [0.2, 0.25) is 0 Å². The van der Waals surface area contributed by atoms with E-state index in [0.29, 0.717) is 5.56 Å².